The SMILES string of the molecule is CO[C@H]1C(n2cc(C)c3c(=O)[nH]c(N)nc32)O[C@H](CO)[C@H]1O. The molecule has 3 rings (SSSR count). The van der Waals surface area contributed by atoms with Gasteiger partial charge in [-0.3, -0.25) is 9.78 Å². The van der Waals surface area contributed by atoms with E-state index in [1.54, 1.807) is 17.7 Å². The molecule has 1 unspecified atom stereocenters. The molecule has 0 aromatic carbocycles. The number of aliphatic hydroxyl groups is 2. The van der Waals surface area contributed by atoms with E-state index >= 15 is 0 Å². The van der Waals surface area contributed by atoms with Crippen LogP contribution >= 0.6 is 0 Å². The van der Waals surface area contributed by atoms with Crippen LogP contribution in [0.15, 0.2) is 11.0 Å². The second-order valence-corrected chi connectivity index (χ2v) is 5.31. The number of hydrogen-bond acceptors (Lipinski definition) is 7. The first-order valence-electron chi connectivity index (χ1n) is 6.82. The zero-order valence-electron chi connectivity index (χ0n) is 12.2. The van der Waals surface area contributed by atoms with Gasteiger partial charge in [-0.2, -0.15) is 4.98 Å². The fourth-order valence-electron chi connectivity index (χ4n) is 2.90. The van der Waals surface area contributed by atoms with Crippen LogP contribution in [-0.4, -0.2) is 56.8 Å². The molecule has 9 nitrogen and oxygen atoms in total. The number of hydrogen-bond donors (Lipinski definition) is 4. The van der Waals surface area contributed by atoms with Gasteiger partial charge in [0.15, 0.2) is 11.9 Å². The van der Waals surface area contributed by atoms with E-state index in [0.29, 0.717) is 16.6 Å². The first-order valence-corrected chi connectivity index (χ1v) is 6.82. The van der Waals surface area contributed by atoms with E-state index in [0.717, 1.165) is 0 Å². The van der Waals surface area contributed by atoms with E-state index in [9.17, 15) is 15.0 Å². The van der Waals surface area contributed by atoms with Gasteiger partial charge in [0.2, 0.25) is 5.95 Å². The minimum atomic E-state index is -0.989. The number of anilines is 1. The zero-order valence-corrected chi connectivity index (χ0v) is 12.2. The number of nitrogens with one attached hydrogen (secondary N) is 1. The van der Waals surface area contributed by atoms with Crippen molar-refractivity contribution in [3.8, 4) is 0 Å². The maximum atomic E-state index is 12.0. The summed E-state index contributed by atoms with van der Waals surface area (Å²) in [5.74, 6) is -0.0110. The molecule has 1 aliphatic rings. The van der Waals surface area contributed by atoms with E-state index < -0.39 is 24.5 Å². The highest BCUT2D eigenvalue weighted by molar-refractivity contribution is 5.80. The van der Waals surface area contributed by atoms with Crippen molar-refractivity contribution >= 4 is 17.0 Å². The first kappa shape index (κ1) is 15.0. The van der Waals surface area contributed by atoms with Crippen LogP contribution in [0, 0.1) is 6.92 Å². The summed E-state index contributed by atoms with van der Waals surface area (Å²) in [6, 6.07) is 0. The lowest BCUT2D eigenvalue weighted by molar-refractivity contribution is -0.0580. The molecule has 0 saturated carbocycles. The molecular weight excluding hydrogens is 292 g/mol. The van der Waals surface area contributed by atoms with Crippen molar-refractivity contribution in [2.24, 2.45) is 0 Å². The average Bonchev–Trinajstić information content (AvgIpc) is 2.96. The predicted molar refractivity (Wildman–Crippen MR) is 77.3 cm³/mol. The number of methoxy groups -OCH3 is 1. The Bertz CT molecular complexity index is 755. The topological polar surface area (TPSA) is 136 Å². The van der Waals surface area contributed by atoms with Gasteiger partial charge in [0, 0.05) is 13.3 Å². The maximum Gasteiger partial charge on any atom is 0.262 e. The number of ether oxygens (including phenoxy) is 2. The molecule has 4 atom stereocenters. The highest BCUT2D eigenvalue weighted by atomic mass is 16.6. The Kier molecular flexibility index (Phi) is 3.65. The highest BCUT2D eigenvalue weighted by Crippen LogP contribution is 2.34. The summed E-state index contributed by atoms with van der Waals surface area (Å²) in [4.78, 5) is 18.6. The van der Waals surface area contributed by atoms with E-state index in [-0.39, 0.29) is 18.1 Å². The van der Waals surface area contributed by atoms with Gasteiger partial charge in [-0.05, 0) is 12.5 Å². The number of aryl methyl sites for hydroxylation is 1. The summed E-state index contributed by atoms with van der Waals surface area (Å²) in [5, 5.41) is 19.8. The highest BCUT2D eigenvalue weighted by Gasteiger charge is 2.45. The number of nitrogen functional groups attached to an aromatic ring is 1. The number of nitrogens with zero attached hydrogens (tertiary/aromatic N) is 2. The molecule has 2 aromatic rings. The molecule has 0 amide bonds. The average molecular weight is 310 g/mol. The monoisotopic (exact) mass is 310 g/mol. The Balaban J connectivity index is 2.16. The fourth-order valence-corrected chi connectivity index (χ4v) is 2.90. The summed E-state index contributed by atoms with van der Waals surface area (Å²) >= 11 is 0. The van der Waals surface area contributed by atoms with Crippen LogP contribution in [0.4, 0.5) is 5.95 Å². The van der Waals surface area contributed by atoms with Gasteiger partial charge in [0.05, 0.1) is 12.0 Å². The number of nitrogens with two attached hydrogens (primary N) is 1. The van der Waals surface area contributed by atoms with Crippen molar-refractivity contribution in [2.75, 3.05) is 19.5 Å². The molecule has 1 aliphatic heterocycles. The Morgan fingerprint density at radius 3 is 2.95 bits per heavy atom. The van der Waals surface area contributed by atoms with E-state index in [1.165, 1.54) is 7.11 Å². The number of aliphatic hydroxyl groups excluding tert-OH is 2. The van der Waals surface area contributed by atoms with Crippen LogP contribution in [0.3, 0.4) is 0 Å². The van der Waals surface area contributed by atoms with Gasteiger partial charge in [0.25, 0.3) is 5.56 Å². The van der Waals surface area contributed by atoms with Crippen LogP contribution < -0.4 is 11.3 Å². The van der Waals surface area contributed by atoms with Crippen LogP contribution in [0.2, 0.25) is 0 Å². The van der Waals surface area contributed by atoms with Gasteiger partial charge in [-0.15, -0.1) is 0 Å². The smallest absolute Gasteiger partial charge is 0.262 e. The molecule has 2 aromatic heterocycles. The first-order chi connectivity index (χ1) is 10.5. The molecule has 120 valence electrons. The van der Waals surface area contributed by atoms with E-state index in [2.05, 4.69) is 9.97 Å². The van der Waals surface area contributed by atoms with Gasteiger partial charge in [0.1, 0.15) is 18.3 Å². The molecule has 0 aliphatic carbocycles. The molecule has 0 spiro atoms. The van der Waals surface area contributed by atoms with Gasteiger partial charge >= 0.3 is 0 Å². The fraction of sp³-hybridized carbons (Fsp3) is 0.538. The number of rotatable bonds is 3. The molecular formula is C13H18N4O5. The molecule has 5 N–H and O–H groups in total. The van der Waals surface area contributed by atoms with Crippen LogP contribution in [0.25, 0.3) is 11.0 Å². The van der Waals surface area contributed by atoms with Crippen molar-refractivity contribution in [3.05, 3.63) is 22.1 Å². The summed E-state index contributed by atoms with van der Waals surface area (Å²) < 4.78 is 12.5. The van der Waals surface area contributed by atoms with Gasteiger partial charge in [-0.1, -0.05) is 0 Å². The zero-order chi connectivity index (χ0) is 16.0. The Labute approximate surface area is 125 Å². The van der Waals surface area contributed by atoms with Gasteiger partial charge < -0.3 is 30.0 Å². The van der Waals surface area contributed by atoms with Crippen LogP contribution in [0.1, 0.15) is 11.8 Å². The second-order valence-electron chi connectivity index (χ2n) is 5.31. The van der Waals surface area contributed by atoms with E-state index in [1.807, 2.05) is 0 Å². The molecule has 0 bridgehead atoms. The molecule has 1 fully saturated rings. The Hall–Kier alpha value is -1.94. The molecule has 1 saturated heterocycles. The van der Waals surface area contributed by atoms with Crippen LogP contribution in [0.5, 0.6) is 0 Å². The van der Waals surface area contributed by atoms with Crippen molar-refractivity contribution in [3.63, 3.8) is 0 Å². The van der Waals surface area contributed by atoms with Crippen molar-refractivity contribution in [1.82, 2.24) is 14.5 Å². The van der Waals surface area contributed by atoms with Crippen LogP contribution in [-0.2, 0) is 9.47 Å². The molecule has 0 radical (unpaired) electrons. The Morgan fingerprint density at radius 1 is 1.59 bits per heavy atom. The number of aromatic amines is 1. The normalized spacial score (nSPS) is 28.5. The summed E-state index contributed by atoms with van der Waals surface area (Å²) in [6.07, 6.45) is -1.49. The third-order valence-electron chi connectivity index (χ3n) is 3.93. The lowest BCUT2D eigenvalue weighted by atomic mass is 10.1. The third kappa shape index (κ3) is 2.10. The quantitative estimate of drug-likeness (QED) is 0.564. The lowest BCUT2D eigenvalue weighted by Crippen LogP contribution is -2.34. The van der Waals surface area contributed by atoms with E-state index in [4.69, 9.17) is 15.2 Å². The summed E-state index contributed by atoms with van der Waals surface area (Å²) in [6.45, 7) is 1.43. The molecule has 22 heavy (non-hydrogen) atoms. The largest absolute Gasteiger partial charge is 0.394 e. The minimum absolute atomic E-state index is 0.0110. The van der Waals surface area contributed by atoms with Crippen molar-refractivity contribution in [1.29, 1.82) is 0 Å². The number of fused-ring (bicyclic) bond motifs is 1. The minimum Gasteiger partial charge on any atom is -0.394 e. The third-order valence-corrected chi connectivity index (χ3v) is 3.93. The standard InChI is InChI=1S/C13H18N4O5/c1-5-3-17(10-7(5)11(20)16-13(14)15-10)12-9(21-2)8(19)6(4-18)22-12/h3,6,8-9,12,18-19H,4H2,1-2H3,(H3,14,15,16,20)/t6-,8-,9-,12?/m1/s1. The number of aromatic nitrogens is 3. The summed E-state index contributed by atoms with van der Waals surface area (Å²) in [5.41, 5.74) is 6.31. The predicted octanol–water partition coefficient (Wildman–Crippen LogP) is -1.12. The lowest BCUT2D eigenvalue weighted by Gasteiger charge is -2.20. The van der Waals surface area contributed by atoms with Gasteiger partial charge in [-0.25, -0.2) is 0 Å². The maximum absolute atomic E-state index is 12.0. The van der Waals surface area contributed by atoms with Crippen molar-refractivity contribution in [2.45, 2.75) is 31.5 Å². The van der Waals surface area contributed by atoms with Crippen molar-refractivity contribution < 1.29 is 19.7 Å². The molecule has 3 heterocycles. The second kappa shape index (κ2) is 5.36. The summed E-state index contributed by atoms with van der Waals surface area (Å²) in [7, 11) is 1.44. The number of H-pyrrole nitrogens is 1. The molecule has 9 heteroatoms. The Morgan fingerprint density at radius 2 is 2.32 bits per heavy atom.